The zero-order chi connectivity index (χ0) is 15.1. The molecule has 0 bridgehead atoms. The number of nitrogen functional groups attached to an aromatic ring is 1. The van der Waals surface area contributed by atoms with Crippen molar-refractivity contribution in [2.75, 3.05) is 44.6 Å². The Hall–Kier alpha value is -1.40. The van der Waals surface area contributed by atoms with Gasteiger partial charge in [-0.1, -0.05) is 13.8 Å². The van der Waals surface area contributed by atoms with Crippen molar-refractivity contribution in [2.24, 2.45) is 0 Å². The topological polar surface area (TPSA) is 73.5 Å². The number of nitrogens with zero attached hydrogens (tertiary/aromatic N) is 3. The van der Waals surface area contributed by atoms with Crippen LogP contribution in [0.1, 0.15) is 32.3 Å². The van der Waals surface area contributed by atoms with Gasteiger partial charge in [0.2, 0.25) is 0 Å². The predicted octanol–water partition coefficient (Wildman–Crippen LogP) is 1.67. The highest BCUT2D eigenvalue weighted by molar-refractivity contribution is 5.58. The van der Waals surface area contributed by atoms with Crippen LogP contribution in [0.25, 0.3) is 0 Å². The second-order valence-electron chi connectivity index (χ2n) is 5.14. The normalized spacial score (nSPS) is 12.7. The van der Waals surface area contributed by atoms with Crippen LogP contribution < -0.4 is 10.6 Å². The number of ether oxygens (including phenoxy) is 2. The summed E-state index contributed by atoms with van der Waals surface area (Å²) in [5, 5.41) is 0. The lowest BCUT2D eigenvalue weighted by Gasteiger charge is -2.32. The summed E-state index contributed by atoms with van der Waals surface area (Å²) in [6.45, 7) is 8.25. The van der Waals surface area contributed by atoms with Crippen LogP contribution in [0, 0.1) is 0 Å². The SMILES string of the molecule is COCCN(c1ncnc(N)c1C(C)C)C(C)COC. The van der Waals surface area contributed by atoms with Gasteiger partial charge < -0.3 is 20.1 Å². The second-order valence-corrected chi connectivity index (χ2v) is 5.14. The Balaban J connectivity index is 3.15. The molecule has 1 aromatic rings. The number of anilines is 2. The van der Waals surface area contributed by atoms with E-state index in [-0.39, 0.29) is 12.0 Å². The third-order valence-electron chi connectivity index (χ3n) is 3.22. The van der Waals surface area contributed by atoms with Crippen molar-refractivity contribution >= 4 is 11.6 Å². The molecule has 6 heteroatoms. The number of hydrogen-bond acceptors (Lipinski definition) is 6. The fourth-order valence-electron chi connectivity index (χ4n) is 2.24. The monoisotopic (exact) mass is 282 g/mol. The van der Waals surface area contributed by atoms with Gasteiger partial charge in [-0.3, -0.25) is 0 Å². The molecular weight excluding hydrogens is 256 g/mol. The fraction of sp³-hybridized carbons (Fsp3) is 0.714. The van der Waals surface area contributed by atoms with Gasteiger partial charge in [-0.25, -0.2) is 9.97 Å². The van der Waals surface area contributed by atoms with Crippen LogP contribution in [-0.2, 0) is 9.47 Å². The van der Waals surface area contributed by atoms with Gasteiger partial charge in [0, 0.05) is 26.3 Å². The van der Waals surface area contributed by atoms with E-state index in [1.807, 2.05) is 0 Å². The average Bonchev–Trinajstić information content (AvgIpc) is 2.39. The third-order valence-corrected chi connectivity index (χ3v) is 3.22. The van der Waals surface area contributed by atoms with Crippen LogP contribution in [-0.4, -0.2) is 50.0 Å². The summed E-state index contributed by atoms with van der Waals surface area (Å²) in [7, 11) is 3.39. The molecular formula is C14H26N4O2. The van der Waals surface area contributed by atoms with Crippen molar-refractivity contribution in [3.63, 3.8) is 0 Å². The lowest BCUT2D eigenvalue weighted by molar-refractivity contribution is 0.170. The lowest BCUT2D eigenvalue weighted by atomic mass is 10.0. The number of rotatable bonds is 8. The zero-order valence-corrected chi connectivity index (χ0v) is 13.1. The number of nitrogens with two attached hydrogens (primary N) is 1. The van der Waals surface area contributed by atoms with Crippen LogP contribution in [0.2, 0.25) is 0 Å². The van der Waals surface area contributed by atoms with Crippen molar-refractivity contribution in [3.8, 4) is 0 Å². The Kier molecular flexibility index (Phi) is 6.67. The maximum Gasteiger partial charge on any atom is 0.137 e. The average molecular weight is 282 g/mol. The summed E-state index contributed by atoms with van der Waals surface area (Å²) >= 11 is 0. The van der Waals surface area contributed by atoms with Gasteiger partial charge in [0.25, 0.3) is 0 Å². The Bertz CT molecular complexity index is 412. The quantitative estimate of drug-likeness (QED) is 0.782. The van der Waals surface area contributed by atoms with E-state index >= 15 is 0 Å². The smallest absolute Gasteiger partial charge is 0.137 e. The summed E-state index contributed by atoms with van der Waals surface area (Å²) in [5.41, 5.74) is 7.00. The summed E-state index contributed by atoms with van der Waals surface area (Å²) in [6.07, 6.45) is 1.51. The highest BCUT2D eigenvalue weighted by Crippen LogP contribution is 2.30. The second kappa shape index (κ2) is 8.01. The Morgan fingerprint density at radius 2 is 1.90 bits per heavy atom. The first-order chi connectivity index (χ1) is 9.52. The van der Waals surface area contributed by atoms with Crippen LogP contribution in [0.5, 0.6) is 0 Å². The van der Waals surface area contributed by atoms with E-state index in [1.54, 1.807) is 14.2 Å². The van der Waals surface area contributed by atoms with Crippen LogP contribution >= 0.6 is 0 Å². The third kappa shape index (κ3) is 4.05. The first kappa shape index (κ1) is 16.7. The molecule has 0 saturated heterocycles. The lowest BCUT2D eigenvalue weighted by Crippen LogP contribution is -2.40. The minimum absolute atomic E-state index is 0.182. The van der Waals surface area contributed by atoms with Crippen molar-refractivity contribution in [3.05, 3.63) is 11.9 Å². The molecule has 1 unspecified atom stereocenters. The zero-order valence-electron chi connectivity index (χ0n) is 13.1. The van der Waals surface area contributed by atoms with E-state index in [4.69, 9.17) is 15.2 Å². The minimum atomic E-state index is 0.182. The van der Waals surface area contributed by atoms with Gasteiger partial charge in [0.05, 0.1) is 19.3 Å². The van der Waals surface area contributed by atoms with Crippen molar-refractivity contribution in [1.82, 2.24) is 9.97 Å². The summed E-state index contributed by atoms with van der Waals surface area (Å²) in [5.74, 6) is 1.66. The van der Waals surface area contributed by atoms with Crippen molar-refractivity contribution in [1.29, 1.82) is 0 Å². The standard InChI is InChI=1S/C14H26N4O2/c1-10(2)12-13(15)16-9-17-14(12)18(6-7-19-4)11(3)8-20-5/h9-11H,6-8H2,1-5H3,(H2,15,16,17). The molecule has 0 fully saturated rings. The molecule has 1 atom stereocenters. The molecule has 6 nitrogen and oxygen atoms in total. The minimum Gasteiger partial charge on any atom is -0.383 e. The molecule has 2 N–H and O–H groups in total. The maximum absolute atomic E-state index is 6.02. The molecule has 0 aliphatic rings. The van der Waals surface area contributed by atoms with Gasteiger partial charge in [-0.15, -0.1) is 0 Å². The fourth-order valence-corrected chi connectivity index (χ4v) is 2.24. The van der Waals surface area contributed by atoms with Crippen LogP contribution in [0.3, 0.4) is 0 Å². The van der Waals surface area contributed by atoms with E-state index in [1.165, 1.54) is 6.33 Å². The number of hydrogen-bond donors (Lipinski definition) is 1. The Morgan fingerprint density at radius 1 is 1.20 bits per heavy atom. The molecule has 0 radical (unpaired) electrons. The van der Waals surface area contributed by atoms with Gasteiger partial charge in [0.1, 0.15) is 18.0 Å². The highest BCUT2D eigenvalue weighted by atomic mass is 16.5. The largest absolute Gasteiger partial charge is 0.383 e. The van der Waals surface area contributed by atoms with E-state index in [2.05, 4.69) is 35.6 Å². The Labute approximate surface area is 121 Å². The molecule has 1 rings (SSSR count). The molecule has 20 heavy (non-hydrogen) atoms. The maximum atomic E-state index is 6.02. The molecule has 1 heterocycles. The molecule has 0 aliphatic carbocycles. The summed E-state index contributed by atoms with van der Waals surface area (Å²) in [4.78, 5) is 10.7. The van der Waals surface area contributed by atoms with Gasteiger partial charge in [-0.2, -0.15) is 0 Å². The van der Waals surface area contributed by atoms with E-state index in [0.29, 0.717) is 19.0 Å². The predicted molar refractivity (Wildman–Crippen MR) is 81.1 cm³/mol. The van der Waals surface area contributed by atoms with Crippen LogP contribution in [0.15, 0.2) is 6.33 Å². The van der Waals surface area contributed by atoms with E-state index < -0.39 is 0 Å². The van der Waals surface area contributed by atoms with Crippen molar-refractivity contribution < 1.29 is 9.47 Å². The van der Waals surface area contributed by atoms with E-state index in [9.17, 15) is 0 Å². The number of aromatic nitrogens is 2. The van der Waals surface area contributed by atoms with Crippen molar-refractivity contribution in [2.45, 2.75) is 32.7 Å². The molecule has 114 valence electrons. The van der Waals surface area contributed by atoms with Gasteiger partial charge in [-0.05, 0) is 12.8 Å². The van der Waals surface area contributed by atoms with Crippen LogP contribution in [0.4, 0.5) is 11.6 Å². The Morgan fingerprint density at radius 3 is 2.45 bits per heavy atom. The van der Waals surface area contributed by atoms with Gasteiger partial charge in [0.15, 0.2) is 0 Å². The molecule has 0 spiro atoms. The molecule has 0 aromatic carbocycles. The first-order valence-electron chi connectivity index (χ1n) is 6.87. The molecule has 0 aliphatic heterocycles. The first-order valence-corrected chi connectivity index (χ1v) is 6.87. The summed E-state index contributed by atoms with van der Waals surface area (Å²) in [6, 6.07) is 0.182. The molecule has 1 aromatic heterocycles. The molecule has 0 saturated carbocycles. The van der Waals surface area contributed by atoms with E-state index in [0.717, 1.165) is 17.9 Å². The molecule has 0 amide bonds. The van der Waals surface area contributed by atoms with Gasteiger partial charge >= 0.3 is 0 Å². The summed E-state index contributed by atoms with van der Waals surface area (Å²) < 4.78 is 10.5. The number of methoxy groups -OCH3 is 2. The highest BCUT2D eigenvalue weighted by Gasteiger charge is 2.22.